The molecule has 3 saturated heterocycles. The van der Waals surface area contributed by atoms with Gasteiger partial charge in [0.25, 0.3) is 0 Å². The molecule has 0 aromatic heterocycles. The topological polar surface area (TPSA) is 52.7 Å². The Hall–Kier alpha value is -1.10. The van der Waals surface area contributed by atoms with Gasteiger partial charge in [-0.15, -0.1) is 0 Å². The van der Waals surface area contributed by atoms with Gasteiger partial charge in [-0.1, -0.05) is 0 Å². The number of hydrogen-bond acceptors (Lipinski definition) is 3. The molecule has 1 N–H and O–H groups in total. The van der Waals surface area contributed by atoms with Gasteiger partial charge in [-0.25, -0.2) is 0 Å². The minimum Gasteiger partial charge on any atom is -0.354 e. The molecular formula is C15H25N3O2. The SMILES string of the molecule is O=C(CN1CCCC1=O)NCCC12CCCN1CCC2. The molecule has 0 bridgehead atoms. The first-order chi connectivity index (χ1) is 9.70. The van der Waals surface area contributed by atoms with Crippen molar-refractivity contribution in [1.82, 2.24) is 15.1 Å². The maximum Gasteiger partial charge on any atom is 0.239 e. The molecule has 0 spiro atoms. The van der Waals surface area contributed by atoms with Crippen molar-refractivity contribution in [3.8, 4) is 0 Å². The molecule has 0 aliphatic carbocycles. The maximum absolute atomic E-state index is 11.9. The Bertz CT molecular complexity index is 387. The van der Waals surface area contributed by atoms with Crippen molar-refractivity contribution < 1.29 is 9.59 Å². The number of rotatable bonds is 5. The fourth-order valence-corrected chi connectivity index (χ4v) is 4.17. The van der Waals surface area contributed by atoms with E-state index in [1.807, 2.05) is 0 Å². The number of fused-ring (bicyclic) bond motifs is 1. The van der Waals surface area contributed by atoms with Crippen LogP contribution in [0.2, 0.25) is 0 Å². The monoisotopic (exact) mass is 279 g/mol. The van der Waals surface area contributed by atoms with Crippen LogP contribution in [-0.4, -0.2) is 59.9 Å². The van der Waals surface area contributed by atoms with E-state index in [0.29, 0.717) is 12.0 Å². The molecule has 0 radical (unpaired) electrons. The largest absolute Gasteiger partial charge is 0.354 e. The predicted octanol–water partition coefficient (Wildman–Crippen LogP) is 0.744. The lowest BCUT2D eigenvalue weighted by molar-refractivity contribution is -0.133. The molecule has 3 fully saturated rings. The lowest BCUT2D eigenvalue weighted by atomic mass is 9.90. The summed E-state index contributed by atoms with van der Waals surface area (Å²) in [6.45, 7) is 4.20. The Balaban J connectivity index is 1.41. The van der Waals surface area contributed by atoms with E-state index in [2.05, 4.69) is 10.2 Å². The molecule has 0 saturated carbocycles. The van der Waals surface area contributed by atoms with Crippen LogP contribution in [0.4, 0.5) is 0 Å². The first-order valence-electron chi connectivity index (χ1n) is 7.99. The van der Waals surface area contributed by atoms with E-state index in [1.54, 1.807) is 4.90 Å². The summed E-state index contributed by atoms with van der Waals surface area (Å²) in [5.41, 5.74) is 0.372. The third-order valence-corrected chi connectivity index (χ3v) is 5.23. The maximum atomic E-state index is 11.9. The fraction of sp³-hybridized carbons (Fsp3) is 0.867. The quantitative estimate of drug-likeness (QED) is 0.808. The second kappa shape index (κ2) is 5.72. The van der Waals surface area contributed by atoms with Crippen molar-refractivity contribution >= 4 is 11.8 Å². The lowest BCUT2D eigenvalue weighted by Crippen LogP contribution is -2.43. The van der Waals surface area contributed by atoms with E-state index in [4.69, 9.17) is 0 Å². The van der Waals surface area contributed by atoms with Crippen LogP contribution < -0.4 is 5.32 Å². The van der Waals surface area contributed by atoms with E-state index < -0.39 is 0 Å². The highest BCUT2D eigenvalue weighted by Gasteiger charge is 2.43. The van der Waals surface area contributed by atoms with Crippen molar-refractivity contribution in [3.05, 3.63) is 0 Å². The first kappa shape index (κ1) is 13.9. The van der Waals surface area contributed by atoms with Crippen LogP contribution in [-0.2, 0) is 9.59 Å². The minimum absolute atomic E-state index is 0.000746. The molecule has 0 unspecified atom stereocenters. The molecule has 0 aromatic carbocycles. The molecule has 20 heavy (non-hydrogen) atoms. The molecule has 3 heterocycles. The predicted molar refractivity (Wildman–Crippen MR) is 76.2 cm³/mol. The van der Waals surface area contributed by atoms with E-state index in [-0.39, 0.29) is 18.4 Å². The molecular weight excluding hydrogens is 254 g/mol. The van der Waals surface area contributed by atoms with Gasteiger partial charge in [-0.3, -0.25) is 14.5 Å². The standard InChI is InChI=1S/C15H25N3O2/c19-13(12-17-9-1-4-14(17)20)16-8-7-15-5-2-10-18(15)11-3-6-15/h1-12H2,(H,16,19). The van der Waals surface area contributed by atoms with Gasteiger partial charge in [0.05, 0.1) is 6.54 Å². The summed E-state index contributed by atoms with van der Waals surface area (Å²) in [4.78, 5) is 27.7. The number of hydrogen-bond donors (Lipinski definition) is 1. The molecule has 3 aliphatic heterocycles. The summed E-state index contributed by atoms with van der Waals surface area (Å²) in [7, 11) is 0. The molecule has 0 atom stereocenters. The average molecular weight is 279 g/mol. The summed E-state index contributed by atoms with van der Waals surface area (Å²) in [6, 6.07) is 0. The molecule has 5 heteroatoms. The Morgan fingerprint density at radius 2 is 1.90 bits per heavy atom. The highest BCUT2D eigenvalue weighted by atomic mass is 16.2. The van der Waals surface area contributed by atoms with Gasteiger partial charge < -0.3 is 10.2 Å². The lowest BCUT2D eigenvalue weighted by Gasteiger charge is -2.32. The Kier molecular flexibility index (Phi) is 3.96. The van der Waals surface area contributed by atoms with E-state index in [1.165, 1.54) is 38.8 Å². The van der Waals surface area contributed by atoms with Crippen LogP contribution in [0.1, 0.15) is 44.9 Å². The number of nitrogens with zero attached hydrogens (tertiary/aromatic N) is 2. The summed E-state index contributed by atoms with van der Waals surface area (Å²) in [5, 5.41) is 3.00. The Morgan fingerprint density at radius 1 is 1.15 bits per heavy atom. The van der Waals surface area contributed by atoms with Gasteiger partial charge >= 0.3 is 0 Å². The number of carbonyl (C=O) groups excluding carboxylic acids is 2. The zero-order valence-corrected chi connectivity index (χ0v) is 12.2. The average Bonchev–Trinajstić information content (AvgIpc) is 3.06. The van der Waals surface area contributed by atoms with Crippen LogP contribution in [0.15, 0.2) is 0 Å². The van der Waals surface area contributed by atoms with E-state index >= 15 is 0 Å². The highest BCUT2D eigenvalue weighted by molar-refractivity contribution is 5.85. The zero-order valence-electron chi connectivity index (χ0n) is 12.2. The molecule has 2 amide bonds. The van der Waals surface area contributed by atoms with Crippen LogP contribution in [0.25, 0.3) is 0 Å². The van der Waals surface area contributed by atoms with Crippen molar-refractivity contribution in [1.29, 1.82) is 0 Å². The number of likely N-dealkylation sites (tertiary alicyclic amines) is 1. The minimum atomic E-state index is -0.000746. The first-order valence-corrected chi connectivity index (χ1v) is 7.99. The zero-order chi connectivity index (χ0) is 14.0. The number of carbonyl (C=O) groups is 2. The van der Waals surface area contributed by atoms with Crippen LogP contribution >= 0.6 is 0 Å². The van der Waals surface area contributed by atoms with Crippen LogP contribution in [0.5, 0.6) is 0 Å². The van der Waals surface area contributed by atoms with Gasteiger partial charge in [0.1, 0.15) is 0 Å². The molecule has 3 rings (SSSR count). The fourth-order valence-electron chi connectivity index (χ4n) is 4.17. The van der Waals surface area contributed by atoms with Gasteiger partial charge in [-0.05, 0) is 51.6 Å². The van der Waals surface area contributed by atoms with Crippen molar-refractivity contribution in [3.63, 3.8) is 0 Å². The van der Waals surface area contributed by atoms with Crippen molar-refractivity contribution in [2.24, 2.45) is 0 Å². The Labute approximate surface area is 120 Å². The number of nitrogens with one attached hydrogen (secondary N) is 1. The van der Waals surface area contributed by atoms with Crippen molar-refractivity contribution in [2.45, 2.75) is 50.5 Å². The third kappa shape index (κ3) is 2.68. The summed E-state index contributed by atoms with van der Waals surface area (Å²) in [6.07, 6.45) is 7.73. The van der Waals surface area contributed by atoms with E-state index in [0.717, 1.165) is 25.9 Å². The van der Waals surface area contributed by atoms with Crippen LogP contribution in [0.3, 0.4) is 0 Å². The smallest absolute Gasteiger partial charge is 0.239 e. The summed E-state index contributed by atoms with van der Waals surface area (Å²) in [5.74, 6) is 0.121. The second-order valence-electron chi connectivity index (χ2n) is 6.44. The summed E-state index contributed by atoms with van der Waals surface area (Å²) >= 11 is 0. The molecule has 5 nitrogen and oxygen atoms in total. The van der Waals surface area contributed by atoms with Crippen LogP contribution in [0, 0.1) is 0 Å². The third-order valence-electron chi connectivity index (χ3n) is 5.23. The van der Waals surface area contributed by atoms with Gasteiger partial charge in [-0.2, -0.15) is 0 Å². The Morgan fingerprint density at radius 3 is 2.55 bits per heavy atom. The normalized spacial score (nSPS) is 25.2. The van der Waals surface area contributed by atoms with Crippen molar-refractivity contribution in [2.75, 3.05) is 32.7 Å². The highest BCUT2D eigenvalue weighted by Crippen LogP contribution is 2.40. The van der Waals surface area contributed by atoms with E-state index in [9.17, 15) is 9.59 Å². The van der Waals surface area contributed by atoms with Gasteiger partial charge in [0.15, 0.2) is 0 Å². The molecule has 0 aromatic rings. The molecule has 3 aliphatic rings. The number of amides is 2. The second-order valence-corrected chi connectivity index (χ2v) is 6.44. The summed E-state index contributed by atoms with van der Waals surface area (Å²) < 4.78 is 0. The molecule has 112 valence electrons. The van der Waals surface area contributed by atoms with Gasteiger partial charge in [0, 0.05) is 25.0 Å². The van der Waals surface area contributed by atoms with Gasteiger partial charge in [0.2, 0.25) is 11.8 Å².